The molecule has 0 aromatic heterocycles. The second kappa shape index (κ2) is 4.20. The zero-order chi connectivity index (χ0) is 13.5. The van der Waals surface area contributed by atoms with Crippen LogP contribution in [-0.4, -0.2) is 13.7 Å². The number of sulfone groups is 1. The van der Waals surface area contributed by atoms with Gasteiger partial charge in [0, 0.05) is 0 Å². The van der Waals surface area contributed by atoms with Gasteiger partial charge in [0.25, 0.3) is 9.84 Å². The predicted molar refractivity (Wildman–Crippen MR) is 71.6 cm³/mol. The average Bonchev–Trinajstić information content (AvgIpc) is 2.62. The maximum absolute atomic E-state index is 12.0. The van der Waals surface area contributed by atoms with Gasteiger partial charge >= 0.3 is 5.24 Å². The fourth-order valence-electron chi connectivity index (χ4n) is 2.16. The number of para-hydroxylation sites is 1. The van der Waals surface area contributed by atoms with E-state index in [1.165, 1.54) is 11.0 Å². The third kappa shape index (κ3) is 1.82. The van der Waals surface area contributed by atoms with Gasteiger partial charge in [-0.2, -0.15) is 0 Å². The molecular formula is C14H11NO3S. The van der Waals surface area contributed by atoms with E-state index < -0.39 is 15.1 Å². The lowest BCUT2D eigenvalue weighted by atomic mass is 10.2. The molecule has 3 rings (SSSR count). The molecule has 0 spiro atoms. The van der Waals surface area contributed by atoms with E-state index in [4.69, 9.17) is 0 Å². The van der Waals surface area contributed by atoms with Gasteiger partial charge in [-0.25, -0.2) is 8.42 Å². The van der Waals surface area contributed by atoms with E-state index in [-0.39, 0.29) is 11.4 Å². The number of benzene rings is 2. The van der Waals surface area contributed by atoms with Crippen LogP contribution in [0.15, 0.2) is 59.5 Å². The van der Waals surface area contributed by atoms with Crippen molar-refractivity contribution in [1.29, 1.82) is 0 Å². The second-order valence-electron chi connectivity index (χ2n) is 4.31. The second-order valence-corrected chi connectivity index (χ2v) is 6.10. The summed E-state index contributed by atoms with van der Waals surface area (Å²) in [6.45, 7) is 0.260. The largest absolute Gasteiger partial charge is 0.348 e. The molecule has 1 heterocycles. The molecule has 0 aliphatic carbocycles. The van der Waals surface area contributed by atoms with Crippen molar-refractivity contribution in [2.45, 2.75) is 11.4 Å². The van der Waals surface area contributed by atoms with Gasteiger partial charge in [0.1, 0.15) is 4.90 Å². The zero-order valence-electron chi connectivity index (χ0n) is 9.98. The first-order valence-electron chi connectivity index (χ1n) is 5.80. The third-order valence-corrected chi connectivity index (χ3v) is 4.68. The maximum Gasteiger partial charge on any atom is 0.348 e. The minimum Gasteiger partial charge on any atom is -0.293 e. The van der Waals surface area contributed by atoms with E-state index in [9.17, 15) is 13.2 Å². The zero-order valence-corrected chi connectivity index (χ0v) is 10.8. The van der Waals surface area contributed by atoms with E-state index in [1.54, 1.807) is 18.2 Å². The summed E-state index contributed by atoms with van der Waals surface area (Å²) in [4.78, 5) is 13.4. The maximum atomic E-state index is 12.0. The van der Waals surface area contributed by atoms with Gasteiger partial charge < -0.3 is 0 Å². The quantitative estimate of drug-likeness (QED) is 0.845. The van der Waals surface area contributed by atoms with E-state index in [0.29, 0.717) is 5.69 Å². The van der Waals surface area contributed by atoms with Crippen LogP contribution in [0.25, 0.3) is 0 Å². The van der Waals surface area contributed by atoms with Crippen LogP contribution in [0.5, 0.6) is 0 Å². The smallest absolute Gasteiger partial charge is 0.293 e. The highest BCUT2D eigenvalue weighted by atomic mass is 32.2. The van der Waals surface area contributed by atoms with Crippen LogP contribution in [0.1, 0.15) is 5.56 Å². The van der Waals surface area contributed by atoms with Gasteiger partial charge in [-0.1, -0.05) is 42.5 Å². The first-order valence-corrected chi connectivity index (χ1v) is 7.28. The summed E-state index contributed by atoms with van der Waals surface area (Å²) in [6.07, 6.45) is 0. The Morgan fingerprint density at radius 3 is 2.26 bits per heavy atom. The summed E-state index contributed by atoms with van der Waals surface area (Å²) in [5, 5.41) is -0.849. The molecule has 1 aliphatic rings. The highest BCUT2D eigenvalue weighted by Gasteiger charge is 2.41. The Balaban J connectivity index is 2.07. The summed E-state index contributed by atoms with van der Waals surface area (Å²) < 4.78 is 24.0. The predicted octanol–water partition coefficient (Wildman–Crippen LogP) is 2.60. The van der Waals surface area contributed by atoms with Gasteiger partial charge in [0.05, 0.1) is 12.2 Å². The highest BCUT2D eigenvalue weighted by Crippen LogP contribution is 2.36. The molecule has 2 aromatic rings. The Hall–Kier alpha value is -2.14. The summed E-state index contributed by atoms with van der Waals surface area (Å²) in [6, 6.07) is 15.8. The van der Waals surface area contributed by atoms with Crippen LogP contribution in [0.4, 0.5) is 10.5 Å². The molecule has 0 bridgehead atoms. The number of hydrogen-bond acceptors (Lipinski definition) is 3. The van der Waals surface area contributed by atoms with Gasteiger partial charge in [-0.15, -0.1) is 0 Å². The van der Waals surface area contributed by atoms with Crippen LogP contribution in [0.3, 0.4) is 0 Å². The lowest BCUT2D eigenvalue weighted by Gasteiger charge is -2.15. The lowest BCUT2D eigenvalue weighted by Crippen LogP contribution is -2.27. The molecule has 2 aromatic carbocycles. The molecule has 0 saturated heterocycles. The number of carbonyl (C=O) groups is 1. The van der Waals surface area contributed by atoms with Crippen LogP contribution in [-0.2, 0) is 16.4 Å². The number of anilines is 1. The molecule has 0 N–H and O–H groups in total. The fourth-order valence-corrected chi connectivity index (χ4v) is 3.51. The topological polar surface area (TPSA) is 54.5 Å². The van der Waals surface area contributed by atoms with Crippen molar-refractivity contribution in [3.05, 3.63) is 60.2 Å². The van der Waals surface area contributed by atoms with Crippen LogP contribution >= 0.6 is 0 Å². The molecule has 1 aliphatic heterocycles. The van der Waals surface area contributed by atoms with Crippen molar-refractivity contribution in [3.8, 4) is 0 Å². The molecule has 96 valence electrons. The van der Waals surface area contributed by atoms with Crippen molar-refractivity contribution in [2.24, 2.45) is 0 Å². The van der Waals surface area contributed by atoms with E-state index in [0.717, 1.165) is 5.56 Å². The number of amides is 1. The third-order valence-electron chi connectivity index (χ3n) is 3.08. The molecule has 4 nitrogen and oxygen atoms in total. The van der Waals surface area contributed by atoms with E-state index in [2.05, 4.69) is 0 Å². The SMILES string of the molecule is O=C1N(Cc2ccccc2)c2ccccc2S1(=O)=O. The molecule has 0 fully saturated rings. The number of rotatable bonds is 2. The Morgan fingerprint density at radius 1 is 0.895 bits per heavy atom. The van der Waals surface area contributed by atoms with Crippen molar-refractivity contribution in [3.63, 3.8) is 0 Å². The van der Waals surface area contributed by atoms with Crippen molar-refractivity contribution >= 4 is 20.8 Å². The number of fused-ring (bicyclic) bond motifs is 1. The van der Waals surface area contributed by atoms with Gasteiger partial charge in [-0.3, -0.25) is 9.69 Å². The minimum absolute atomic E-state index is 0.0935. The molecule has 19 heavy (non-hydrogen) atoms. The van der Waals surface area contributed by atoms with Gasteiger partial charge in [0.15, 0.2) is 0 Å². The molecular weight excluding hydrogens is 262 g/mol. The van der Waals surface area contributed by atoms with E-state index in [1.807, 2.05) is 30.3 Å². The molecule has 1 amide bonds. The van der Waals surface area contributed by atoms with Crippen molar-refractivity contribution in [1.82, 2.24) is 0 Å². The van der Waals surface area contributed by atoms with E-state index >= 15 is 0 Å². The normalized spacial score (nSPS) is 16.4. The molecule has 0 unspecified atom stereocenters. The number of carbonyl (C=O) groups excluding carboxylic acids is 1. The lowest BCUT2D eigenvalue weighted by molar-refractivity contribution is 0.263. The summed E-state index contributed by atoms with van der Waals surface area (Å²) in [7, 11) is -3.87. The summed E-state index contributed by atoms with van der Waals surface area (Å²) in [5.74, 6) is 0. The van der Waals surface area contributed by atoms with Gasteiger partial charge in [-0.05, 0) is 17.7 Å². The Morgan fingerprint density at radius 2 is 1.53 bits per heavy atom. The molecule has 5 heteroatoms. The van der Waals surface area contributed by atoms with Crippen molar-refractivity contribution in [2.75, 3.05) is 4.90 Å². The minimum atomic E-state index is -3.87. The molecule has 0 atom stereocenters. The molecule has 0 saturated carbocycles. The number of nitrogens with zero attached hydrogens (tertiary/aromatic N) is 1. The van der Waals surface area contributed by atoms with Crippen LogP contribution in [0.2, 0.25) is 0 Å². The summed E-state index contributed by atoms with van der Waals surface area (Å²) >= 11 is 0. The Kier molecular flexibility index (Phi) is 2.64. The highest BCUT2D eigenvalue weighted by molar-refractivity contribution is 8.07. The first kappa shape index (κ1) is 11.9. The Labute approximate surface area is 111 Å². The molecule has 0 radical (unpaired) electrons. The summed E-state index contributed by atoms with van der Waals surface area (Å²) in [5.41, 5.74) is 1.35. The van der Waals surface area contributed by atoms with Crippen molar-refractivity contribution < 1.29 is 13.2 Å². The number of hydrogen-bond donors (Lipinski definition) is 0. The first-order chi connectivity index (χ1) is 9.10. The fraction of sp³-hybridized carbons (Fsp3) is 0.0714. The average molecular weight is 273 g/mol. The standard InChI is InChI=1S/C14H11NO3S/c16-14-15(10-11-6-2-1-3-7-11)12-8-4-5-9-13(12)19(14,17)18/h1-9H,10H2. The van der Waals surface area contributed by atoms with Gasteiger partial charge in [0.2, 0.25) is 0 Å². The Bertz CT molecular complexity index is 738. The van der Waals surface area contributed by atoms with Crippen LogP contribution in [0, 0.1) is 0 Å². The monoisotopic (exact) mass is 273 g/mol. The van der Waals surface area contributed by atoms with Crippen LogP contribution < -0.4 is 4.90 Å².